The van der Waals surface area contributed by atoms with E-state index in [0.29, 0.717) is 6.04 Å². The molecule has 3 aromatic heterocycles. The largest absolute Gasteiger partial charge is 0.327 e. The lowest BCUT2D eigenvalue weighted by molar-refractivity contribution is 0.766. The smallest absolute Gasteiger partial charge is 0.0960 e. The molecule has 5 heteroatoms. The van der Waals surface area contributed by atoms with Gasteiger partial charge in [-0.3, -0.25) is 4.98 Å². The summed E-state index contributed by atoms with van der Waals surface area (Å²) >= 11 is 0. The van der Waals surface area contributed by atoms with Crippen molar-refractivity contribution in [2.24, 2.45) is 0 Å². The average molecular weight is 301 g/mol. The first-order chi connectivity index (χ1) is 11.4. The van der Waals surface area contributed by atoms with Crippen molar-refractivity contribution in [3.63, 3.8) is 0 Å². The van der Waals surface area contributed by atoms with Gasteiger partial charge in [-0.2, -0.15) is 5.10 Å². The lowest BCUT2D eigenvalue weighted by atomic mass is 10.1. The molecule has 0 N–H and O–H groups in total. The van der Waals surface area contributed by atoms with Crippen LogP contribution in [0.15, 0.2) is 61.4 Å². The molecule has 1 aliphatic carbocycles. The molecule has 0 amide bonds. The molecule has 112 valence electrons. The summed E-state index contributed by atoms with van der Waals surface area (Å²) in [4.78, 5) is 8.60. The van der Waals surface area contributed by atoms with Gasteiger partial charge in [-0.05, 0) is 42.7 Å². The molecule has 0 radical (unpaired) electrons. The fraction of sp³-hybridized carbons (Fsp3) is 0.167. The normalized spacial score (nSPS) is 14.4. The quantitative estimate of drug-likeness (QED) is 0.580. The van der Waals surface area contributed by atoms with Crippen LogP contribution in [0.3, 0.4) is 0 Å². The summed E-state index contributed by atoms with van der Waals surface area (Å²) in [5, 5.41) is 4.45. The fourth-order valence-electron chi connectivity index (χ4n) is 2.96. The molecule has 1 aromatic carbocycles. The molecule has 23 heavy (non-hydrogen) atoms. The van der Waals surface area contributed by atoms with Crippen molar-refractivity contribution in [2.75, 3.05) is 0 Å². The summed E-state index contributed by atoms with van der Waals surface area (Å²) in [5.74, 6) is 0. The fourth-order valence-corrected chi connectivity index (χ4v) is 2.96. The summed E-state index contributed by atoms with van der Waals surface area (Å²) < 4.78 is 4.16. The second-order valence-corrected chi connectivity index (χ2v) is 5.97. The van der Waals surface area contributed by atoms with Crippen molar-refractivity contribution in [1.29, 1.82) is 0 Å². The van der Waals surface area contributed by atoms with Gasteiger partial charge >= 0.3 is 0 Å². The zero-order valence-corrected chi connectivity index (χ0v) is 12.5. The number of imidazole rings is 1. The van der Waals surface area contributed by atoms with Gasteiger partial charge in [-0.1, -0.05) is 6.07 Å². The number of aromatic nitrogens is 5. The van der Waals surface area contributed by atoms with Crippen LogP contribution in [0.2, 0.25) is 0 Å². The van der Waals surface area contributed by atoms with Crippen LogP contribution in [0.25, 0.3) is 27.8 Å². The number of fused-ring (bicyclic) bond motifs is 1. The lowest BCUT2D eigenvalue weighted by Crippen LogP contribution is -1.93. The van der Waals surface area contributed by atoms with E-state index in [9.17, 15) is 0 Å². The summed E-state index contributed by atoms with van der Waals surface area (Å²) in [6.45, 7) is 0. The highest BCUT2D eigenvalue weighted by molar-refractivity contribution is 5.82. The van der Waals surface area contributed by atoms with E-state index < -0.39 is 0 Å². The number of benzene rings is 1. The Morgan fingerprint density at radius 2 is 1.87 bits per heavy atom. The van der Waals surface area contributed by atoms with Crippen molar-refractivity contribution in [3.8, 4) is 16.8 Å². The molecule has 1 saturated carbocycles. The Morgan fingerprint density at radius 1 is 1.00 bits per heavy atom. The van der Waals surface area contributed by atoms with Crippen LogP contribution < -0.4 is 0 Å². The van der Waals surface area contributed by atoms with Crippen molar-refractivity contribution >= 4 is 11.0 Å². The van der Waals surface area contributed by atoms with Gasteiger partial charge in [0.15, 0.2) is 0 Å². The Bertz CT molecular complexity index is 979. The first kappa shape index (κ1) is 12.6. The van der Waals surface area contributed by atoms with E-state index in [1.54, 1.807) is 12.4 Å². The monoisotopic (exact) mass is 301 g/mol. The molecule has 0 spiro atoms. The third kappa shape index (κ3) is 2.12. The second kappa shape index (κ2) is 4.78. The lowest BCUT2D eigenvalue weighted by Gasteiger charge is -2.02. The van der Waals surface area contributed by atoms with E-state index in [4.69, 9.17) is 0 Å². The molecule has 0 unspecified atom stereocenters. The maximum atomic E-state index is 4.56. The number of pyridine rings is 1. The summed E-state index contributed by atoms with van der Waals surface area (Å²) in [5.41, 5.74) is 5.50. The Labute approximate surface area is 133 Å². The van der Waals surface area contributed by atoms with Crippen molar-refractivity contribution in [2.45, 2.75) is 18.9 Å². The van der Waals surface area contributed by atoms with Crippen LogP contribution in [0.4, 0.5) is 0 Å². The van der Waals surface area contributed by atoms with Gasteiger partial charge in [0.05, 0.1) is 29.2 Å². The zero-order valence-electron chi connectivity index (χ0n) is 12.5. The van der Waals surface area contributed by atoms with E-state index in [1.165, 1.54) is 18.4 Å². The SMILES string of the molecule is c1cc(-n2cc(-c3ccc4c(c3)ncn4C3CC3)cn2)ccn1. The topological polar surface area (TPSA) is 48.5 Å². The minimum absolute atomic E-state index is 0.653. The molecule has 4 aromatic rings. The molecule has 1 fully saturated rings. The second-order valence-electron chi connectivity index (χ2n) is 5.97. The third-order valence-electron chi connectivity index (χ3n) is 4.36. The van der Waals surface area contributed by atoms with Crippen molar-refractivity contribution in [1.82, 2.24) is 24.3 Å². The van der Waals surface area contributed by atoms with Gasteiger partial charge in [-0.15, -0.1) is 0 Å². The molecule has 1 aliphatic rings. The Balaban J connectivity index is 1.54. The maximum Gasteiger partial charge on any atom is 0.0960 e. The van der Waals surface area contributed by atoms with Crippen LogP contribution >= 0.6 is 0 Å². The Hall–Kier alpha value is -2.95. The van der Waals surface area contributed by atoms with Crippen LogP contribution in [0.5, 0.6) is 0 Å². The van der Waals surface area contributed by atoms with Crippen LogP contribution in [0.1, 0.15) is 18.9 Å². The van der Waals surface area contributed by atoms with E-state index in [1.807, 2.05) is 35.5 Å². The summed E-state index contributed by atoms with van der Waals surface area (Å²) in [7, 11) is 0. The van der Waals surface area contributed by atoms with Gasteiger partial charge in [0, 0.05) is 30.2 Å². The first-order valence-electron chi connectivity index (χ1n) is 7.80. The molecule has 0 atom stereocenters. The van der Waals surface area contributed by atoms with E-state index in [-0.39, 0.29) is 0 Å². The van der Waals surface area contributed by atoms with Crippen LogP contribution in [-0.2, 0) is 0 Å². The molecule has 0 bridgehead atoms. The molecule has 5 nitrogen and oxygen atoms in total. The maximum absolute atomic E-state index is 4.56. The number of hydrogen-bond acceptors (Lipinski definition) is 3. The van der Waals surface area contributed by atoms with E-state index in [0.717, 1.165) is 22.3 Å². The van der Waals surface area contributed by atoms with Crippen molar-refractivity contribution < 1.29 is 0 Å². The molecular formula is C18H15N5. The highest BCUT2D eigenvalue weighted by atomic mass is 15.3. The van der Waals surface area contributed by atoms with Crippen molar-refractivity contribution in [3.05, 3.63) is 61.4 Å². The standard InChI is InChI=1S/C18H15N5/c1-4-18-17(20-12-22(18)15-2-3-15)9-13(1)14-10-21-23(11-14)16-5-7-19-8-6-16/h1,4-12,15H,2-3H2. The Kier molecular flexibility index (Phi) is 2.61. The van der Waals surface area contributed by atoms with Gasteiger partial charge in [0.25, 0.3) is 0 Å². The van der Waals surface area contributed by atoms with Gasteiger partial charge in [-0.25, -0.2) is 9.67 Å². The predicted octanol–water partition coefficient (Wildman–Crippen LogP) is 3.62. The summed E-state index contributed by atoms with van der Waals surface area (Å²) in [6.07, 6.45) is 12.0. The molecule has 5 rings (SSSR count). The highest BCUT2D eigenvalue weighted by Crippen LogP contribution is 2.37. The van der Waals surface area contributed by atoms with Gasteiger partial charge < -0.3 is 4.57 Å². The van der Waals surface area contributed by atoms with E-state index in [2.05, 4.69) is 37.8 Å². The van der Waals surface area contributed by atoms with Gasteiger partial charge in [0.1, 0.15) is 0 Å². The van der Waals surface area contributed by atoms with Crippen LogP contribution in [0, 0.1) is 0 Å². The first-order valence-corrected chi connectivity index (χ1v) is 7.80. The molecule has 0 aliphatic heterocycles. The zero-order chi connectivity index (χ0) is 15.2. The van der Waals surface area contributed by atoms with Gasteiger partial charge in [0.2, 0.25) is 0 Å². The third-order valence-corrected chi connectivity index (χ3v) is 4.36. The molecular weight excluding hydrogens is 286 g/mol. The Morgan fingerprint density at radius 3 is 2.70 bits per heavy atom. The summed E-state index contributed by atoms with van der Waals surface area (Å²) in [6, 6.07) is 11.0. The van der Waals surface area contributed by atoms with Crippen LogP contribution in [-0.4, -0.2) is 24.3 Å². The average Bonchev–Trinajstić information content (AvgIpc) is 3.17. The number of hydrogen-bond donors (Lipinski definition) is 0. The minimum atomic E-state index is 0.653. The minimum Gasteiger partial charge on any atom is -0.327 e. The molecule has 0 saturated heterocycles. The highest BCUT2D eigenvalue weighted by Gasteiger charge is 2.24. The number of rotatable bonds is 3. The molecule has 3 heterocycles. The van der Waals surface area contributed by atoms with E-state index >= 15 is 0 Å². The predicted molar refractivity (Wildman–Crippen MR) is 88.4 cm³/mol. The number of nitrogens with zero attached hydrogens (tertiary/aromatic N) is 5.